The second-order valence-corrected chi connectivity index (χ2v) is 5.35. The Balaban J connectivity index is 3.15. The molecular formula is C10H18NO2S+. The van der Waals surface area contributed by atoms with Gasteiger partial charge in [0.15, 0.2) is 15.9 Å². The van der Waals surface area contributed by atoms with Gasteiger partial charge in [-0.25, -0.2) is 0 Å². The Kier molecular flexibility index (Phi) is 3.64. The van der Waals surface area contributed by atoms with E-state index in [9.17, 15) is 4.21 Å². The Labute approximate surface area is 88.0 Å². The molecule has 80 valence electrons. The lowest BCUT2D eigenvalue weighted by molar-refractivity contribution is 0.0900. The molecule has 0 saturated carbocycles. The second kappa shape index (κ2) is 4.38. The van der Waals surface area contributed by atoms with Crippen LogP contribution in [-0.4, -0.2) is 30.6 Å². The lowest BCUT2D eigenvalue weighted by atomic mass is 10.0. The minimum Gasteiger partial charge on any atom is -0.375 e. The van der Waals surface area contributed by atoms with E-state index in [0.717, 1.165) is 10.5 Å². The maximum absolute atomic E-state index is 11.9. The number of rotatable bonds is 2. The molecule has 0 aliphatic carbocycles. The van der Waals surface area contributed by atoms with E-state index in [2.05, 4.69) is 6.58 Å². The molecule has 3 unspecified atom stereocenters. The molecule has 0 fully saturated rings. The monoisotopic (exact) mass is 216 g/mol. The molecule has 0 amide bonds. The van der Waals surface area contributed by atoms with Crippen LogP contribution in [0.3, 0.4) is 0 Å². The van der Waals surface area contributed by atoms with Crippen LogP contribution in [-0.2, 0) is 19.9 Å². The second-order valence-electron chi connectivity index (χ2n) is 3.50. The van der Waals surface area contributed by atoms with Gasteiger partial charge in [-0.1, -0.05) is 10.3 Å². The number of likely N-dealkylation sites (N-methyl/N-ethyl adjacent to an activating group) is 1. The Hall–Kier alpha value is -0.450. The van der Waals surface area contributed by atoms with Crippen molar-refractivity contribution in [3.8, 4) is 0 Å². The van der Waals surface area contributed by atoms with Crippen LogP contribution in [0.15, 0.2) is 23.1 Å². The molecule has 1 heterocycles. The van der Waals surface area contributed by atoms with Gasteiger partial charge in [-0.3, -0.25) is 0 Å². The Morgan fingerprint density at radius 3 is 2.57 bits per heavy atom. The predicted octanol–water partition coefficient (Wildman–Crippen LogP) is 1.41. The normalized spacial score (nSPS) is 34.7. The first-order valence-electron chi connectivity index (χ1n) is 4.57. The van der Waals surface area contributed by atoms with Crippen molar-refractivity contribution < 1.29 is 8.95 Å². The molecule has 3 atom stereocenters. The number of hydrogen-bond acceptors (Lipinski definition) is 2. The topological polar surface area (TPSA) is 29.5 Å². The zero-order valence-electron chi connectivity index (χ0n) is 9.15. The predicted molar refractivity (Wildman–Crippen MR) is 60.4 cm³/mol. The van der Waals surface area contributed by atoms with Crippen molar-refractivity contribution in [2.45, 2.75) is 26.0 Å². The molecule has 1 aliphatic rings. The summed E-state index contributed by atoms with van der Waals surface area (Å²) in [6.45, 7) is 7.63. The highest BCUT2D eigenvalue weighted by atomic mass is 32.2. The summed E-state index contributed by atoms with van der Waals surface area (Å²) in [7, 11) is 2.09. The van der Waals surface area contributed by atoms with Gasteiger partial charge in [-0.05, 0) is 6.92 Å². The molecule has 14 heavy (non-hydrogen) atoms. The first-order valence-corrected chi connectivity index (χ1v) is 5.78. The van der Waals surface area contributed by atoms with E-state index >= 15 is 0 Å². The first-order chi connectivity index (χ1) is 6.54. The van der Waals surface area contributed by atoms with Crippen LogP contribution >= 0.6 is 0 Å². The summed E-state index contributed by atoms with van der Waals surface area (Å²) in [5, 5.41) is 0. The third-order valence-electron chi connectivity index (χ3n) is 2.81. The number of hydrogen-bond donors (Lipinski definition) is 0. The Morgan fingerprint density at radius 1 is 1.57 bits per heavy atom. The molecule has 3 nitrogen and oxygen atoms in total. The number of ether oxygens (including phenoxy) is 1. The maximum atomic E-state index is 11.9. The van der Waals surface area contributed by atoms with E-state index in [1.807, 2.05) is 25.2 Å². The third kappa shape index (κ3) is 1.69. The smallest absolute Gasteiger partial charge is 0.174 e. The van der Waals surface area contributed by atoms with E-state index in [-0.39, 0.29) is 12.1 Å². The van der Waals surface area contributed by atoms with Gasteiger partial charge >= 0.3 is 0 Å². The summed E-state index contributed by atoms with van der Waals surface area (Å²) >= 11 is 0. The minimum atomic E-state index is -1.42. The summed E-state index contributed by atoms with van der Waals surface area (Å²) in [6.07, 6.45) is 1.77. The molecule has 0 aromatic heterocycles. The summed E-state index contributed by atoms with van der Waals surface area (Å²) < 4.78 is 19.1. The molecule has 0 spiro atoms. The van der Waals surface area contributed by atoms with Crippen LogP contribution in [0.1, 0.15) is 13.8 Å². The van der Waals surface area contributed by atoms with Crippen molar-refractivity contribution in [3.05, 3.63) is 23.1 Å². The summed E-state index contributed by atoms with van der Waals surface area (Å²) in [6, 6.07) is 0.00677. The van der Waals surface area contributed by atoms with Crippen molar-refractivity contribution in [1.82, 2.24) is 4.31 Å². The molecule has 0 radical (unpaired) electrons. The third-order valence-corrected chi connectivity index (χ3v) is 4.57. The first kappa shape index (κ1) is 11.6. The molecule has 0 saturated heterocycles. The minimum absolute atomic E-state index is 0.00677. The highest BCUT2D eigenvalue weighted by molar-refractivity contribution is 7.86. The highest BCUT2D eigenvalue weighted by Crippen LogP contribution is 2.28. The van der Waals surface area contributed by atoms with Crippen LogP contribution in [0, 0.1) is 0 Å². The van der Waals surface area contributed by atoms with Gasteiger partial charge < -0.3 is 4.74 Å². The largest absolute Gasteiger partial charge is 0.375 e. The average Bonchev–Trinajstić information content (AvgIpc) is 2.20. The molecule has 4 heteroatoms. The fraction of sp³-hybridized carbons (Fsp3) is 0.600. The fourth-order valence-electron chi connectivity index (χ4n) is 1.76. The quantitative estimate of drug-likeness (QED) is 0.397. The number of thiol groups is 1. The lowest BCUT2D eigenvalue weighted by Gasteiger charge is -2.32. The molecule has 0 aromatic rings. The van der Waals surface area contributed by atoms with Gasteiger partial charge in [0, 0.05) is 26.7 Å². The number of allylic oxidation sites excluding steroid dienone is 1. The summed E-state index contributed by atoms with van der Waals surface area (Å²) in [5.74, 6) is 0. The van der Waals surface area contributed by atoms with E-state index < -0.39 is 11.0 Å². The summed E-state index contributed by atoms with van der Waals surface area (Å²) in [5.41, 5.74) is 1.07. The van der Waals surface area contributed by atoms with Crippen LogP contribution in [0.4, 0.5) is 0 Å². The van der Waals surface area contributed by atoms with Crippen molar-refractivity contribution in [2.75, 3.05) is 14.2 Å². The van der Waals surface area contributed by atoms with E-state index in [0.29, 0.717) is 0 Å². The molecule has 0 N–H and O–H groups in total. The van der Waals surface area contributed by atoms with E-state index in [1.165, 1.54) is 0 Å². The Morgan fingerprint density at radius 2 is 2.14 bits per heavy atom. The van der Waals surface area contributed by atoms with E-state index in [1.54, 1.807) is 13.2 Å². The average molecular weight is 216 g/mol. The Bertz CT molecular complexity index is 298. The molecule has 0 aromatic carbocycles. The van der Waals surface area contributed by atoms with Crippen molar-refractivity contribution in [3.63, 3.8) is 0 Å². The fourth-order valence-corrected chi connectivity index (χ4v) is 3.12. The van der Waals surface area contributed by atoms with Crippen LogP contribution in [0.5, 0.6) is 0 Å². The van der Waals surface area contributed by atoms with Crippen LogP contribution in [0.25, 0.3) is 0 Å². The summed E-state index contributed by atoms with van der Waals surface area (Å²) in [4.78, 5) is 0.924. The van der Waals surface area contributed by atoms with Gasteiger partial charge in [-0.15, -0.1) is 10.9 Å². The standard InChI is InChI=1S/C10H17NO2S/c1-6-9-10(13-5)7(2)8(3)14(12)11(9)4/h6,9-10H,1H2,2-5H3/p+1. The van der Waals surface area contributed by atoms with Crippen LogP contribution < -0.4 is 0 Å². The van der Waals surface area contributed by atoms with Gasteiger partial charge in [0.1, 0.15) is 12.1 Å². The highest BCUT2D eigenvalue weighted by Gasteiger charge is 2.39. The zero-order valence-corrected chi connectivity index (χ0v) is 10.0. The van der Waals surface area contributed by atoms with E-state index in [4.69, 9.17) is 4.74 Å². The van der Waals surface area contributed by atoms with Crippen molar-refractivity contribution in [2.24, 2.45) is 0 Å². The molecule has 0 bridgehead atoms. The molecule has 1 rings (SSSR count). The molecular weight excluding hydrogens is 198 g/mol. The van der Waals surface area contributed by atoms with Gasteiger partial charge in [0.2, 0.25) is 0 Å². The zero-order chi connectivity index (χ0) is 10.9. The van der Waals surface area contributed by atoms with Crippen molar-refractivity contribution >= 4 is 11.0 Å². The van der Waals surface area contributed by atoms with Gasteiger partial charge in [0.25, 0.3) is 0 Å². The number of methoxy groups -OCH3 is 1. The molecule has 1 aliphatic heterocycles. The van der Waals surface area contributed by atoms with Crippen LogP contribution in [0.2, 0.25) is 0 Å². The van der Waals surface area contributed by atoms with Gasteiger partial charge in [-0.2, -0.15) is 0 Å². The van der Waals surface area contributed by atoms with Gasteiger partial charge in [0.05, 0.1) is 0 Å². The van der Waals surface area contributed by atoms with Crippen molar-refractivity contribution in [1.29, 1.82) is 0 Å². The number of nitrogens with zero attached hydrogens (tertiary/aromatic N) is 1. The maximum Gasteiger partial charge on any atom is 0.174 e. The lowest BCUT2D eigenvalue weighted by Crippen LogP contribution is -2.46. The SMILES string of the molecule is C=CC1C(OC)C(C)=C(C)[SH+](=O)N1C.